The van der Waals surface area contributed by atoms with E-state index in [4.69, 9.17) is 0 Å². The Morgan fingerprint density at radius 2 is 1.64 bits per heavy atom. The van der Waals surface area contributed by atoms with Gasteiger partial charge in [-0.05, 0) is 62.4 Å². The predicted octanol–water partition coefficient (Wildman–Crippen LogP) is 5.54. The summed E-state index contributed by atoms with van der Waals surface area (Å²) in [4.78, 5) is 29.0. The van der Waals surface area contributed by atoms with E-state index in [0.717, 1.165) is 22.9 Å². The Kier molecular flexibility index (Phi) is 11.7. The molecule has 3 aromatic rings. The van der Waals surface area contributed by atoms with Crippen molar-refractivity contribution < 1.29 is 22.4 Å². The van der Waals surface area contributed by atoms with E-state index in [1.165, 1.54) is 15.3 Å². The summed E-state index contributed by atoms with van der Waals surface area (Å²) in [6.07, 6.45) is 2.31. The van der Waals surface area contributed by atoms with Gasteiger partial charge >= 0.3 is 0 Å². The average molecular weight is 596 g/mol. The Labute approximate surface area is 249 Å². The topological polar surface area (TPSA) is 86.8 Å². The highest BCUT2D eigenvalue weighted by atomic mass is 32.2. The van der Waals surface area contributed by atoms with Crippen molar-refractivity contribution in [1.82, 2.24) is 10.2 Å². The minimum absolute atomic E-state index is 0.0206. The number of rotatable bonds is 14. The summed E-state index contributed by atoms with van der Waals surface area (Å²) in [5.74, 6) is -1.13. The van der Waals surface area contributed by atoms with E-state index in [0.29, 0.717) is 17.7 Å². The van der Waals surface area contributed by atoms with Crippen LogP contribution in [0.1, 0.15) is 55.4 Å². The van der Waals surface area contributed by atoms with Gasteiger partial charge in [-0.15, -0.1) is 0 Å². The standard InChI is InChI=1S/C33H42FN3O4S/c1-6-26(4)35-33(39)31(22-27-13-8-7-9-14-27)36(23-28-15-10-11-16-29(28)34)32(38)17-12-20-37(42(5,40)41)30-21-24(2)18-19-25(30)3/h7-11,13-16,18-19,21,26,31H,6,12,17,20,22-23H2,1-5H3,(H,35,39)/t26-,31+/m1/s1. The number of nitrogens with one attached hydrogen (secondary N) is 1. The molecular formula is C33H42FN3O4S. The third-order valence-electron chi connectivity index (χ3n) is 7.36. The van der Waals surface area contributed by atoms with Crippen molar-refractivity contribution in [1.29, 1.82) is 0 Å². The maximum Gasteiger partial charge on any atom is 0.243 e. The molecule has 0 spiro atoms. The van der Waals surface area contributed by atoms with Crippen LogP contribution in [0.3, 0.4) is 0 Å². The minimum Gasteiger partial charge on any atom is -0.352 e. The van der Waals surface area contributed by atoms with Gasteiger partial charge < -0.3 is 10.2 Å². The van der Waals surface area contributed by atoms with Crippen LogP contribution in [0.15, 0.2) is 72.8 Å². The molecule has 0 saturated carbocycles. The number of halogens is 1. The van der Waals surface area contributed by atoms with Gasteiger partial charge in [0.15, 0.2) is 0 Å². The fourth-order valence-corrected chi connectivity index (χ4v) is 5.79. The van der Waals surface area contributed by atoms with Crippen LogP contribution < -0.4 is 9.62 Å². The largest absolute Gasteiger partial charge is 0.352 e. The molecule has 1 N–H and O–H groups in total. The van der Waals surface area contributed by atoms with Crippen molar-refractivity contribution in [2.75, 3.05) is 17.1 Å². The van der Waals surface area contributed by atoms with Crippen LogP contribution in [0.4, 0.5) is 10.1 Å². The average Bonchev–Trinajstić information content (AvgIpc) is 2.95. The molecule has 0 aliphatic rings. The lowest BCUT2D eigenvalue weighted by molar-refractivity contribution is -0.141. The molecule has 0 aliphatic carbocycles. The van der Waals surface area contributed by atoms with Crippen LogP contribution in [-0.4, -0.2) is 50.0 Å². The van der Waals surface area contributed by atoms with Crippen molar-refractivity contribution in [2.24, 2.45) is 0 Å². The SMILES string of the molecule is CC[C@@H](C)NC(=O)[C@H](Cc1ccccc1)N(Cc1ccccc1F)C(=O)CCCN(c1cc(C)ccc1C)S(C)(=O)=O. The minimum atomic E-state index is -3.62. The van der Waals surface area contributed by atoms with Gasteiger partial charge in [-0.25, -0.2) is 12.8 Å². The second-order valence-electron chi connectivity index (χ2n) is 10.9. The molecule has 2 amide bonds. The summed E-state index contributed by atoms with van der Waals surface area (Å²) in [5, 5.41) is 3.00. The van der Waals surface area contributed by atoms with Crippen molar-refractivity contribution in [3.63, 3.8) is 0 Å². The molecule has 9 heteroatoms. The molecule has 42 heavy (non-hydrogen) atoms. The van der Waals surface area contributed by atoms with Gasteiger partial charge in [0.05, 0.1) is 11.9 Å². The van der Waals surface area contributed by atoms with Crippen molar-refractivity contribution >= 4 is 27.5 Å². The summed E-state index contributed by atoms with van der Waals surface area (Å²) in [5.41, 5.74) is 3.47. The Hall–Kier alpha value is -3.72. The molecule has 3 aromatic carbocycles. The lowest BCUT2D eigenvalue weighted by Crippen LogP contribution is -2.52. The Morgan fingerprint density at radius 3 is 2.29 bits per heavy atom. The first-order valence-corrected chi connectivity index (χ1v) is 16.2. The molecule has 0 unspecified atom stereocenters. The number of amides is 2. The van der Waals surface area contributed by atoms with Crippen molar-refractivity contribution in [3.05, 3.63) is 101 Å². The number of hydrogen-bond donors (Lipinski definition) is 1. The molecule has 7 nitrogen and oxygen atoms in total. The number of carbonyl (C=O) groups is 2. The zero-order chi connectivity index (χ0) is 30.9. The maximum absolute atomic E-state index is 14.8. The number of nitrogens with zero attached hydrogens (tertiary/aromatic N) is 2. The summed E-state index contributed by atoms with van der Waals surface area (Å²) in [7, 11) is -3.62. The molecule has 3 rings (SSSR count). The fraction of sp³-hybridized carbons (Fsp3) is 0.394. The predicted molar refractivity (Wildman–Crippen MR) is 166 cm³/mol. The van der Waals surface area contributed by atoms with Crippen LogP contribution in [0, 0.1) is 19.7 Å². The third-order valence-corrected chi connectivity index (χ3v) is 8.54. The number of aryl methyl sites for hydroxylation is 2. The lowest BCUT2D eigenvalue weighted by Gasteiger charge is -2.33. The number of benzene rings is 3. The summed E-state index contributed by atoms with van der Waals surface area (Å²) in [6.45, 7) is 7.59. The van der Waals surface area contributed by atoms with Gasteiger partial charge in [0.2, 0.25) is 21.8 Å². The van der Waals surface area contributed by atoms with Gasteiger partial charge in [0, 0.05) is 37.5 Å². The van der Waals surface area contributed by atoms with Gasteiger partial charge in [-0.3, -0.25) is 13.9 Å². The second-order valence-corrected chi connectivity index (χ2v) is 12.8. The number of anilines is 1. The fourth-order valence-electron chi connectivity index (χ4n) is 4.78. The van der Waals surface area contributed by atoms with Gasteiger partial charge in [0.1, 0.15) is 11.9 Å². The first-order chi connectivity index (χ1) is 19.9. The highest BCUT2D eigenvalue weighted by molar-refractivity contribution is 7.92. The van der Waals surface area contributed by atoms with Crippen molar-refractivity contribution in [2.45, 2.75) is 72.0 Å². The van der Waals surface area contributed by atoms with E-state index >= 15 is 0 Å². The van der Waals surface area contributed by atoms with E-state index in [2.05, 4.69) is 5.32 Å². The van der Waals surface area contributed by atoms with Crippen LogP contribution in [-0.2, 0) is 32.6 Å². The highest BCUT2D eigenvalue weighted by Gasteiger charge is 2.31. The van der Waals surface area contributed by atoms with E-state index in [1.807, 2.05) is 76.2 Å². The molecule has 0 bridgehead atoms. The van der Waals surface area contributed by atoms with Crippen LogP contribution in [0.2, 0.25) is 0 Å². The normalized spacial score (nSPS) is 12.8. The molecule has 0 heterocycles. The van der Waals surface area contributed by atoms with Gasteiger partial charge in [0.25, 0.3) is 0 Å². The molecule has 0 radical (unpaired) electrons. The number of hydrogen-bond acceptors (Lipinski definition) is 4. The first kappa shape index (κ1) is 32.8. The van der Waals surface area contributed by atoms with Gasteiger partial charge in [-0.2, -0.15) is 0 Å². The van der Waals surface area contributed by atoms with E-state index in [9.17, 15) is 22.4 Å². The number of sulfonamides is 1. The summed E-state index contributed by atoms with van der Waals surface area (Å²) >= 11 is 0. The molecule has 226 valence electrons. The molecular weight excluding hydrogens is 553 g/mol. The Morgan fingerprint density at radius 1 is 0.976 bits per heavy atom. The van der Waals surface area contributed by atoms with Crippen LogP contribution in [0.25, 0.3) is 0 Å². The quantitative estimate of drug-likeness (QED) is 0.265. The zero-order valence-electron chi connectivity index (χ0n) is 25.1. The number of carbonyl (C=O) groups excluding carboxylic acids is 2. The monoisotopic (exact) mass is 595 g/mol. The lowest BCUT2D eigenvalue weighted by atomic mass is 10.0. The summed E-state index contributed by atoms with van der Waals surface area (Å²) < 4.78 is 41.6. The van der Waals surface area contributed by atoms with Gasteiger partial charge in [-0.1, -0.05) is 67.6 Å². The van der Waals surface area contributed by atoms with E-state index in [-0.39, 0.29) is 50.2 Å². The molecule has 0 fully saturated rings. The Balaban J connectivity index is 1.92. The maximum atomic E-state index is 14.8. The first-order valence-electron chi connectivity index (χ1n) is 14.3. The van der Waals surface area contributed by atoms with Crippen LogP contribution in [0.5, 0.6) is 0 Å². The summed E-state index contributed by atoms with van der Waals surface area (Å²) in [6, 6.07) is 20.2. The van der Waals surface area contributed by atoms with Crippen LogP contribution >= 0.6 is 0 Å². The smallest absolute Gasteiger partial charge is 0.243 e. The third kappa shape index (κ3) is 9.14. The van der Waals surface area contributed by atoms with E-state index in [1.54, 1.807) is 18.2 Å². The zero-order valence-corrected chi connectivity index (χ0v) is 26.0. The Bertz CT molecular complexity index is 1460. The molecule has 2 atom stereocenters. The van der Waals surface area contributed by atoms with Crippen molar-refractivity contribution in [3.8, 4) is 0 Å². The molecule has 0 aliphatic heterocycles. The molecule has 0 saturated heterocycles. The van der Waals surface area contributed by atoms with E-state index < -0.39 is 21.9 Å². The molecule has 0 aromatic heterocycles. The second kappa shape index (κ2) is 15.0. The highest BCUT2D eigenvalue weighted by Crippen LogP contribution is 2.25.